The number of nitrogens with one attached hydrogen (secondary N) is 1. The van der Waals surface area contributed by atoms with E-state index in [1.54, 1.807) is 12.1 Å². The van der Waals surface area contributed by atoms with E-state index in [1.807, 2.05) is 49.5 Å². The molecule has 1 N–H and O–H groups in total. The maximum atomic E-state index is 11.6. The minimum absolute atomic E-state index is 0.354. The fourth-order valence-electron chi connectivity index (χ4n) is 2.53. The lowest BCUT2D eigenvalue weighted by Crippen LogP contribution is -2.01. The zero-order valence-corrected chi connectivity index (χ0v) is 13.6. The lowest BCUT2D eigenvalue weighted by atomic mass is 9.99. The Balaban J connectivity index is 2.05. The van der Waals surface area contributed by atoms with E-state index in [1.165, 1.54) is 7.11 Å². The zero-order chi connectivity index (χ0) is 16.9. The van der Waals surface area contributed by atoms with Gasteiger partial charge in [0.2, 0.25) is 5.90 Å². The Hall–Kier alpha value is -3.08. The van der Waals surface area contributed by atoms with Crippen molar-refractivity contribution in [3.63, 3.8) is 0 Å². The molecule has 0 saturated heterocycles. The van der Waals surface area contributed by atoms with Crippen LogP contribution in [0, 0.1) is 0 Å². The zero-order valence-electron chi connectivity index (χ0n) is 13.6. The number of aliphatic imine (C=N–C) groups is 1. The van der Waals surface area contributed by atoms with Gasteiger partial charge in [0, 0.05) is 23.5 Å². The number of H-pyrrole nitrogens is 1. The predicted octanol–water partition coefficient (Wildman–Crippen LogP) is 3.57. The van der Waals surface area contributed by atoms with Crippen molar-refractivity contribution in [1.82, 2.24) is 4.98 Å². The summed E-state index contributed by atoms with van der Waals surface area (Å²) in [7, 11) is 1.37. The van der Waals surface area contributed by atoms with Crippen LogP contribution in [0.4, 0.5) is 0 Å². The SMILES string of the molecule is CCOC1=N/C(=C(\c2ccc(C(=O)OC)cc2)c2ccc[nH]2)C=C1. The minimum atomic E-state index is -0.354. The van der Waals surface area contributed by atoms with Gasteiger partial charge >= 0.3 is 5.97 Å². The number of carbonyl (C=O) groups is 1. The highest BCUT2D eigenvalue weighted by molar-refractivity contribution is 5.96. The number of nitrogens with zero attached hydrogens (tertiary/aromatic N) is 1. The molecule has 1 aromatic carbocycles. The number of hydrogen-bond donors (Lipinski definition) is 1. The number of esters is 1. The third kappa shape index (κ3) is 3.15. The molecule has 5 heteroatoms. The standard InChI is InChI=1S/C19H18N2O3/c1-3-24-17-11-10-16(21-17)18(15-5-4-12-20-15)13-6-8-14(9-7-13)19(22)23-2/h4-12,20H,3H2,1-2H3/b18-16+. The van der Waals surface area contributed by atoms with E-state index in [4.69, 9.17) is 9.47 Å². The highest BCUT2D eigenvalue weighted by Crippen LogP contribution is 2.29. The molecule has 5 nitrogen and oxygen atoms in total. The first-order valence-corrected chi connectivity index (χ1v) is 7.69. The topological polar surface area (TPSA) is 63.7 Å². The van der Waals surface area contributed by atoms with Gasteiger partial charge in [0.25, 0.3) is 0 Å². The van der Waals surface area contributed by atoms with E-state index in [2.05, 4.69) is 9.98 Å². The van der Waals surface area contributed by atoms with Gasteiger partial charge in [0.15, 0.2) is 0 Å². The van der Waals surface area contributed by atoms with Crippen molar-refractivity contribution in [2.24, 2.45) is 4.99 Å². The summed E-state index contributed by atoms with van der Waals surface area (Å²) in [4.78, 5) is 19.4. The van der Waals surface area contributed by atoms with Gasteiger partial charge in [-0.2, -0.15) is 0 Å². The molecule has 0 saturated carbocycles. The molecule has 0 fully saturated rings. The molecule has 1 aliphatic rings. The van der Waals surface area contributed by atoms with Crippen molar-refractivity contribution in [2.75, 3.05) is 13.7 Å². The van der Waals surface area contributed by atoms with Gasteiger partial charge in [-0.1, -0.05) is 12.1 Å². The average molecular weight is 322 g/mol. The highest BCUT2D eigenvalue weighted by atomic mass is 16.5. The highest BCUT2D eigenvalue weighted by Gasteiger charge is 2.16. The Morgan fingerprint density at radius 3 is 2.50 bits per heavy atom. The largest absolute Gasteiger partial charge is 0.478 e. The summed E-state index contributed by atoms with van der Waals surface area (Å²) in [6, 6.07) is 11.2. The Morgan fingerprint density at radius 1 is 1.12 bits per heavy atom. The molecular formula is C19H18N2O3. The van der Waals surface area contributed by atoms with Gasteiger partial charge < -0.3 is 14.5 Å². The third-order valence-corrected chi connectivity index (χ3v) is 3.62. The lowest BCUT2D eigenvalue weighted by molar-refractivity contribution is 0.0600. The summed E-state index contributed by atoms with van der Waals surface area (Å²) in [5.74, 6) is 0.246. The summed E-state index contributed by atoms with van der Waals surface area (Å²) >= 11 is 0. The van der Waals surface area contributed by atoms with Crippen molar-refractivity contribution in [3.05, 3.63) is 77.3 Å². The fourth-order valence-corrected chi connectivity index (χ4v) is 2.53. The molecular weight excluding hydrogens is 304 g/mol. The molecule has 3 rings (SSSR count). The molecule has 2 aromatic rings. The second kappa shape index (κ2) is 7.00. The number of aromatic nitrogens is 1. The second-order valence-electron chi connectivity index (χ2n) is 5.13. The molecule has 1 aliphatic heterocycles. The summed E-state index contributed by atoms with van der Waals surface area (Å²) in [6.45, 7) is 2.50. The maximum Gasteiger partial charge on any atom is 0.337 e. The Kier molecular flexibility index (Phi) is 4.61. The molecule has 0 unspecified atom stereocenters. The Labute approximate surface area is 140 Å². The first kappa shape index (κ1) is 15.8. The van der Waals surface area contributed by atoms with Gasteiger partial charge in [-0.05, 0) is 42.8 Å². The van der Waals surface area contributed by atoms with Crippen LogP contribution in [0.1, 0.15) is 28.5 Å². The third-order valence-electron chi connectivity index (χ3n) is 3.62. The Morgan fingerprint density at radius 2 is 1.88 bits per heavy atom. The van der Waals surface area contributed by atoms with E-state index in [0.717, 1.165) is 22.5 Å². The van der Waals surface area contributed by atoms with E-state index in [9.17, 15) is 4.79 Å². The second-order valence-corrected chi connectivity index (χ2v) is 5.13. The smallest absolute Gasteiger partial charge is 0.337 e. The van der Waals surface area contributed by atoms with Crippen LogP contribution >= 0.6 is 0 Å². The molecule has 0 amide bonds. The van der Waals surface area contributed by atoms with Crippen molar-refractivity contribution in [1.29, 1.82) is 0 Å². The number of aromatic amines is 1. The van der Waals surface area contributed by atoms with Crippen LogP contribution in [0.5, 0.6) is 0 Å². The quantitative estimate of drug-likeness (QED) is 0.875. The normalized spacial score (nSPS) is 15.2. The predicted molar refractivity (Wildman–Crippen MR) is 92.8 cm³/mol. The number of ether oxygens (including phenoxy) is 2. The summed E-state index contributed by atoms with van der Waals surface area (Å²) < 4.78 is 10.2. The first-order chi connectivity index (χ1) is 11.7. The van der Waals surface area contributed by atoms with Crippen LogP contribution in [0.25, 0.3) is 5.57 Å². The van der Waals surface area contributed by atoms with Gasteiger partial charge in [-0.25, -0.2) is 9.79 Å². The molecule has 1 aromatic heterocycles. The number of allylic oxidation sites excluding steroid dienone is 1. The molecule has 2 heterocycles. The fraction of sp³-hybridized carbons (Fsp3) is 0.158. The lowest BCUT2D eigenvalue weighted by Gasteiger charge is -2.09. The van der Waals surface area contributed by atoms with Crippen LogP contribution in [-0.4, -0.2) is 30.6 Å². The van der Waals surface area contributed by atoms with Crippen molar-refractivity contribution < 1.29 is 14.3 Å². The number of hydrogen-bond acceptors (Lipinski definition) is 4. The molecule has 0 atom stereocenters. The molecule has 0 bridgehead atoms. The molecule has 0 spiro atoms. The number of rotatable bonds is 4. The van der Waals surface area contributed by atoms with Crippen molar-refractivity contribution in [2.45, 2.75) is 6.92 Å². The summed E-state index contributed by atoms with van der Waals surface area (Å²) in [5, 5.41) is 0. The number of methoxy groups -OCH3 is 1. The summed E-state index contributed by atoms with van der Waals surface area (Å²) in [5.41, 5.74) is 4.17. The average Bonchev–Trinajstić information content (AvgIpc) is 3.28. The van der Waals surface area contributed by atoms with Gasteiger partial charge in [0.05, 0.1) is 25.0 Å². The van der Waals surface area contributed by atoms with Crippen molar-refractivity contribution >= 4 is 17.4 Å². The van der Waals surface area contributed by atoms with Gasteiger partial charge in [-0.15, -0.1) is 0 Å². The van der Waals surface area contributed by atoms with Crippen LogP contribution in [0.15, 0.2) is 65.4 Å². The first-order valence-electron chi connectivity index (χ1n) is 7.69. The van der Waals surface area contributed by atoms with Crippen molar-refractivity contribution in [3.8, 4) is 0 Å². The van der Waals surface area contributed by atoms with Crippen LogP contribution in [-0.2, 0) is 9.47 Å². The van der Waals surface area contributed by atoms with Gasteiger partial charge in [-0.3, -0.25) is 0 Å². The molecule has 24 heavy (non-hydrogen) atoms. The maximum absolute atomic E-state index is 11.6. The van der Waals surface area contributed by atoms with Crippen LogP contribution in [0.3, 0.4) is 0 Å². The van der Waals surface area contributed by atoms with E-state index in [-0.39, 0.29) is 5.97 Å². The monoisotopic (exact) mass is 322 g/mol. The number of carbonyl (C=O) groups excluding carboxylic acids is 1. The van der Waals surface area contributed by atoms with E-state index >= 15 is 0 Å². The van der Waals surface area contributed by atoms with E-state index in [0.29, 0.717) is 18.1 Å². The van der Waals surface area contributed by atoms with Crippen LogP contribution in [0.2, 0.25) is 0 Å². The minimum Gasteiger partial charge on any atom is -0.478 e. The van der Waals surface area contributed by atoms with Crippen LogP contribution < -0.4 is 0 Å². The number of benzene rings is 1. The molecule has 0 aliphatic carbocycles. The summed E-state index contributed by atoms with van der Waals surface area (Å²) in [6.07, 6.45) is 5.64. The van der Waals surface area contributed by atoms with E-state index < -0.39 is 0 Å². The van der Waals surface area contributed by atoms with Gasteiger partial charge in [0.1, 0.15) is 0 Å². The molecule has 0 radical (unpaired) electrons. The Bertz CT molecular complexity index is 813. The molecule has 122 valence electrons.